The van der Waals surface area contributed by atoms with E-state index in [-0.39, 0.29) is 24.0 Å². The van der Waals surface area contributed by atoms with E-state index in [4.69, 9.17) is 11.6 Å². The van der Waals surface area contributed by atoms with Gasteiger partial charge in [0.25, 0.3) is 5.91 Å². The van der Waals surface area contributed by atoms with Crippen LogP contribution < -0.4 is 10.2 Å². The van der Waals surface area contributed by atoms with E-state index in [9.17, 15) is 14.0 Å². The molecule has 0 saturated carbocycles. The number of carbonyl (C=O) groups excluding carboxylic acids is 2. The van der Waals surface area contributed by atoms with Crippen molar-refractivity contribution in [3.05, 3.63) is 59.1 Å². The van der Waals surface area contributed by atoms with Crippen molar-refractivity contribution in [2.24, 2.45) is 0 Å². The molecule has 3 rings (SSSR count). The number of hydrogen-bond acceptors (Lipinski definition) is 4. The largest absolute Gasteiger partial charge is 0.368 e. The highest BCUT2D eigenvalue weighted by Crippen LogP contribution is 2.17. The summed E-state index contributed by atoms with van der Waals surface area (Å²) in [5.74, 6) is -0.863. The Morgan fingerprint density at radius 1 is 1.12 bits per heavy atom. The first-order chi connectivity index (χ1) is 12.5. The highest BCUT2D eigenvalue weighted by molar-refractivity contribution is 6.30. The fraction of sp³-hybridized carbons (Fsp3) is 0.278. The van der Waals surface area contributed by atoms with Gasteiger partial charge in [-0.2, -0.15) is 0 Å². The van der Waals surface area contributed by atoms with Crippen molar-refractivity contribution in [1.29, 1.82) is 0 Å². The molecular weight excluding hydrogens is 359 g/mol. The summed E-state index contributed by atoms with van der Waals surface area (Å²) in [7, 11) is 0. The van der Waals surface area contributed by atoms with Gasteiger partial charge in [-0.1, -0.05) is 11.6 Å². The molecule has 1 N–H and O–H groups in total. The maximum atomic E-state index is 13.0. The van der Waals surface area contributed by atoms with Crippen LogP contribution in [0.4, 0.5) is 10.1 Å². The summed E-state index contributed by atoms with van der Waals surface area (Å²) in [5, 5.41) is 2.98. The molecule has 0 aliphatic carbocycles. The molecule has 0 unspecified atom stereocenters. The molecule has 0 bridgehead atoms. The standard InChI is InChI=1S/C18H18ClFN4O2/c19-13-5-6-21-16(11-13)18(26)22-12-17(25)24-9-7-23(8-10-24)15-3-1-14(20)2-4-15/h1-6,11H,7-10,12H2,(H,22,26). The monoisotopic (exact) mass is 376 g/mol. The number of benzene rings is 1. The maximum absolute atomic E-state index is 13.0. The third-order valence-corrected chi connectivity index (χ3v) is 4.41. The molecular formula is C18H18ClFN4O2. The quantitative estimate of drug-likeness (QED) is 0.885. The van der Waals surface area contributed by atoms with Gasteiger partial charge in [0, 0.05) is 43.1 Å². The van der Waals surface area contributed by atoms with Crippen LogP contribution in [-0.2, 0) is 4.79 Å². The molecule has 6 nitrogen and oxygen atoms in total. The molecule has 1 aliphatic rings. The van der Waals surface area contributed by atoms with Gasteiger partial charge in [0.05, 0.1) is 6.54 Å². The van der Waals surface area contributed by atoms with Gasteiger partial charge in [-0.15, -0.1) is 0 Å². The molecule has 1 fully saturated rings. The van der Waals surface area contributed by atoms with Gasteiger partial charge < -0.3 is 15.1 Å². The average Bonchev–Trinajstić information content (AvgIpc) is 2.66. The predicted octanol–water partition coefficient (Wildman–Crippen LogP) is 1.95. The van der Waals surface area contributed by atoms with E-state index in [0.29, 0.717) is 31.2 Å². The number of nitrogens with zero attached hydrogens (tertiary/aromatic N) is 3. The minimum atomic E-state index is -0.439. The van der Waals surface area contributed by atoms with E-state index >= 15 is 0 Å². The predicted molar refractivity (Wildman–Crippen MR) is 96.8 cm³/mol. The molecule has 2 amide bonds. The summed E-state index contributed by atoms with van der Waals surface area (Å²) in [6, 6.07) is 9.32. The van der Waals surface area contributed by atoms with Crippen LogP contribution in [0.15, 0.2) is 42.6 Å². The number of halogens is 2. The van der Waals surface area contributed by atoms with E-state index in [0.717, 1.165) is 5.69 Å². The van der Waals surface area contributed by atoms with Gasteiger partial charge in [-0.05, 0) is 36.4 Å². The second kappa shape index (κ2) is 8.14. The Morgan fingerprint density at radius 2 is 1.81 bits per heavy atom. The molecule has 1 aromatic heterocycles. The Balaban J connectivity index is 1.47. The molecule has 2 heterocycles. The molecule has 136 valence electrons. The lowest BCUT2D eigenvalue weighted by Crippen LogP contribution is -2.51. The number of pyridine rings is 1. The summed E-state index contributed by atoms with van der Waals surface area (Å²) in [6.07, 6.45) is 1.44. The third-order valence-electron chi connectivity index (χ3n) is 4.18. The van der Waals surface area contributed by atoms with Crippen LogP contribution in [0.1, 0.15) is 10.5 Å². The topological polar surface area (TPSA) is 65.5 Å². The number of nitrogens with one attached hydrogen (secondary N) is 1. The second-order valence-corrected chi connectivity index (χ2v) is 6.32. The van der Waals surface area contributed by atoms with Crippen LogP contribution >= 0.6 is 11.6 Å². The molecule has 8 heteroatoms. The third kappa shape index (κ3) is 4.49. The van der Waals surface area contributed by atoms with E-state index in [1.807, 2.05) is 0 Å². The van der Waals surface area contributed by atoms with Crippen molar-refractivity contribution >= 4 is 29.1 Å². The summed E-state index contributed by atoms with van der Waals surface area (Å²) >= 11 is 5.83. The van der Waals surface area contributed by atoms with Gasteiger partial charge >= 0.3 is 0 Å². The van der Waals surface area contributed by atoms with Gasteiger partial charge in [0.1, 0.15) is 11.5 Å². The van der Waals surface area contributed by atoms with Gasteiger partial charge in [-0.3, -0.25) is 14.6 Å². The first kappa shape index (κ1) is 18.1. The Hall–Kier alpha value is -2.67. The highest BCUT2D eigenvalue weighted by atomic mass is 35.5. The van der Waals surface area contributed by atoms with Crippen molar-refractivity contribution in [1.82, 2.24) is 15.2 Å². The SMILES string of the molecule is O=C(NCC(=O)N1CCN(c2ccc(F)cc2)CC1)c1cc(Cl)ccn1. The zero-order valence-corrected chi connectivity index (χ0v) is 14.7. The van der Waals surface area contributed by atoms with Gasteiger partial charge in [-0.25, -0.2) is 4.39 Å². The summed E-state index contributed by atoms with van der Waals surface area (Å²) in [5.41, 5.74) is 1.10. The zero-order chi connectivity index (χ0) is 18.5. The number of aromatic nitrogens is 1. The number of carbonyl (C=O) groups is 2. The Bertz CT molecular complexity index is 792. The smallest absolute Gasteiger partial charge is 0.270 e. The molecule has 1 saturated heterocycles. The maximum Gasteiger partial charge on any atom is 0.270 e. The van der Waals surface area contributed by atoms with Crippen LogP contribution in [-0.4, -0.2) is 54.4 Å². The highest BCUT2D eigenvalue weighted by Gasteiger charge is 2.22. The Kier molecular flexibility index (Phi) is 5.68. The van der Waals surface area contributed by atoms with Crippen LogP contribution in [0.5, 0.6) is 0 Å². The van der Waals surface area contributed by atoms with Gasteiger partial charge in [0.15, 0.2) is 0 Å². The summed E-state index contributed by atoms with van der Waals surface area (Å²) in [4.78, 5) is 32.0. The second-order valence-electron chi connectivity index (χ2n) is 5.89. The van der Waals surface area contributed by atoms with E-state index in [1.54, 1.807) is 23.1 Å². The number of piperazine rings is 1. The minimum absolute atomic E-state index is 0.0937. The molecule has 1 aromatic carbocycles. The minimum Gasteiger partial charge on any atom is -0.368 e. The van der Waals surface area contributed by atoms with Crippen molar-refractivity contribution in [3.8, 4) is 0 Å². The number of rotatable bonds is 4. The lowest BCUT2D eigenvalue weighted by atomic mass is 10.2. The van der Waals surface area contributed by atoms with Crippen molar-refractivity contribution < 1.29 is 14.0 Å². The Morgan fingerprint density at radius 3 is 2.46 bits per heavy atom. The fourth-order valence-corrected chi connectivity index (χ4v) is 2.91. The molecule has 2 aromatic rings. The van der Waals surface area contributed by atoms with E-state index in [1.165, 1.54) is 24.4 Å². The first-order valence-electron chi connectivity index (χ1n) is 8.21. The molecule has 1 aliphatic heterocycles. The summed E-state index contributed by atoms with van der Waals surface area (Å²) < 4.78 is 13.0. The van der Waals surface area contributed by atoms with Crippen molar-refractivity contribution in [3.63, 3.8) is 0 Å². The number of hydrogen-bond donors (Lipinski definition) is 1. The van der Waals surface area contributed by atoms with Crippen LogP contribution in [0.3, 0.4) is 0 Å². The average molecular weight is 377 g/mol. The lowest BCUT2D eigenvalue weighted by molar-refractivity contribution is -0.130. The van der Waals surface area contributed by atoms with Crippen molar-refractivity contribution in [2.75, 3.05) is 37.6 Å². The number of amides is 2. The first-order valence-corrected chi connectivity index (χ1v) is 8.59. The lowest BCUT2D eigenvalue weighted by Gasteiger charge is -2.36. The molecule has 0 radical (unpaired) electrons. The van der Waals surface area contributed by atoms with Crippen LogP contribution in [0, 0.1) is 5.82 Å². The van der Waals surface area contributed by atoms with Crippen molar-refractivity contribution in [2.45, 2.75) is 0 Å². The normalized spacial score (nSPS) is 14.2. The van der Waals surface area contributed by atoms with E-state index in [2.05, 4.69) is 15.2 Å². The number of anilines is 1. The molecule has 26 heavy (non-hydrogen) atoms. The van der Waals surface area contributed by atoms with Crippen LogP contribution in [0.25, 0.3) is 0 Å². The van der Waals surface area contributed by atoms with E-state index < -0.39 is 5.91 Å². The zero-order valence-electron chi connectivity index (χ0n) is 14.0. The van der Waals surface area contributed by atoms with Gasteiger partial charge in [0.2, 0.25) is 5.91 Å². The fourth-order valence-electron chi connectivity index (χ4n) is 2.75. The van der Waals surface area contributed by atoms with Crippen LogP contribution in [0.2, 0.25) is 5.02 Å². The molecule has 0 spiro atoms. The molecule has 0 atom stereocenters. The Labute approximate surface area is 155 Å². The summed E-state index contributed by atoms with van der Waals surface area (Å²) in [6.45, 7) is 2.30.